The van der Waals surface area contributed by atoms with Crippen LogP contribution in [-0.2, 0) is 4.79 Å². The highest BCUT2D eigenvalue weighted by Crippen LogP contribution is 2.41. The zero-order valence-corrected chi connectivity index (χ0v) is 18.6. The summed E-state index contributed by atoms with van der Waals surface area (Å²) >= 11 is 3.63. The lowest BCUT2D eigenvalue weighted by molar-refractivity contribution is -0.143. The van der Waals surface area contributed by atoms with Gasteiger partial charge >= 0.3 is 5.97 Å². The fourth-order valence-electron chi connectivity index (χ4n) is 4.51. The Bertz CT molecular complexity index is 1050. The molecule has 0 bridgehead atoms. The van der Waals surface area contributed by atoms with Crippen molar-refractivity contribution in [3.05, 3.63) is 76.3 Å². The minimum absolute atomic E-state index is 0.0858. The van der Waals surface area contributed by atoms with Crippen LogP contribution in [0.5, 0.6) is 5.75 Å². The van der Waals surface area contributed by atoms with Gasteiger partial charge in [-0.15, -0.1) is 0 Å². The van der Waals surface area contributed by atoms with E-state index < -0.39 is 5.97 Å². The zero-order valence-electron chi connectivity index (χ0n) is 17.1. The number of ether oxygens (including phenoxy) is 1. The molecule has 0 radical (unpaired) electrons. The van der Waals surface area contributed by atoms with Crippen LogP contribution in [0.25, 0.3) is 10.8 Å². The SMILES string of the molecule is CCOc1ccc(Br)cc1C(c1cccc2ccccc12)N1CCCC(C(=O)O)C1. The number of carboxylic acid groups (broad SMARTS) is 1. The van der Waals surface area contributed by atoms with E-state index in [0.29, 0.717) is 13.2 Å². The Morgan fingerprint density at radius 2 is 1.97 bits per heavy atom. The van der Waals surface area contributed by atoms with E-state index >= 15 is 0 Å². The fraction of sp³-hybridized carbons (Fsp3) is 0.320. The van der Waals surface area contributed by atoms with Gasteiger partial charge in [0.15, 0.2) is 0 Å². The number of fused-ring (bicyclic) bond motifs is 1. The molecular formula is C25H26BrNO3. The molecular weight excluding hydrogens is 442 g/mol. The Kier molecular flexibility index (Phi) is 6.40. The Morgan fingerprint density at radius 3 is 2.77 bits per heavy atom. The molecule has 0 saturated carbocycles. The van der Waals surface area contributed by atoms with Crippen molar-refractivity contribution >= 4 is 32.7 Å². The predicted octanol–water partition coefficient (Wildman–Crippen LogP) is 5.89. The first kappa shape index (κ1) is 20.9. The highest BCUT2D eigenvalue weighted by molar-refractivity contribution is 9.10. The van der Waals surface area contributed by atoms with Crippen LogP contribution in [0, 0.1) is 5.92 Å². The van der Waals surface area contributed by atoms with Crippen LogP contribution in [0.2, 0.25) is 0 Å². The molecule has 1 heterocycles. The van der Waals surface area contributed by atoms with Crippen molar-refractivity contribution in [3.63, 3.8) is 0 Å². The van der Waals surface area contributed by atoms with Crippen LogP contribution in [0.3, 0.4) is 0 Å². The maximum atomic E-state index is 11.8. The third kappa shape index (κ3) is 4.23. The lowest BCUT2D eigenvalue weighted by atomic mass is 9.88. The second-order valence-electron chi connectivity index (χ2n) is 7.76. The summed E-state index contributed by atoms with van der Waals surface area (Å²) in [4.78, 5) is 14.1. The maximum Gasteiger partial charge on any atom is 0.307 e. The number of likely N-dealkylation sites (tertiary alicyclic amines) is 1. The van der Waals surface area contributed by atoms with Gasteiger partial charge in [-0.1, -0.05) is 58.4 Å². The Balaban J connectivity index is 1.90. The van der Waals surface area contributed by atoms with Crippen molar-refractivity contribution in [1.82, 2.24) is 4.90 Å². The molecule has 156 valence electrons. The second kappa shape index (κ2) is 9.19. The van der Waals surface area contributed by atoms with Crippen LogP contribution in [0.1, 0.15) is 36.9 Å². The zero-order chi connectivity index (χ0) is 21.1. The molecule has 2 unspecified atom stereocenters. The molecule has 1 N–H and O–H groups in total. The number of hydrogen-bond acceptors (Lipinski definition) is 3. The molecule has 1 saturated heterocycles. The minimum atomic E-state index is -0.712. The summed E-state index contributed by atoms with van der Waals surface area (Å²) in [6, 6.07) is 20.8. The van der Waals surface area contributed by atoms with Crippen molar-refractivity contribution in [2.24, 2.45) is 5.92 Å². The molecule has 30 heavy (non-hydrogen) atoms. The summed E-state index contributed by atoms with van der Waals surface area (Å²) in [7, 11) is 0. The molecule has 1 fully saturated rings. The highest BCUT2D eigenvalue weighted by atomic mass is 79.9. The average Bonchev–Trinajstić information content (AvgIpc) is 2.76. The van der Waals surface area contributed by atoms with Crippen molar-refractivity contribution in [2.45, 2.75) is 25.8 Å². The van der Waals surface area contributed by atoms with Gasteiger partial charge < -0.3 is 9.84 Å². The van der Waals surface area contributed by atoms with Crippen molar-refractivity contribution < 1.29 is 14.6 Å². The fourth-order valence-corrected chi connectivity index (χ4v) is 4.89. The largest absolute Gasteiger partial charge is 0.494 e. The highest BCUT2D eigenvalue weighted by Gasteiger charge is 2.33. The van der Waals surface area contributed by atoms with Crippen LogP contribution in [-0.4, -0.2) is 35.7 Å². The van der Waals surface area contributed by atoms with E-state index in [9.17, 15) is 9.90 Å². The summed E-state index contributed by atoms with van der Waals surface area (Å²) in [6.45, 7) is 3.95. The molecule has 5 heteroatoms. The maximum absolute atomic E-state index is 11.8. The third-order valence-electron chi connectivity index (χ3n) is 5.85. The van der Waals surface area contributed by atoms with E-state index in [4.69, 9.17) is 4.74 Å². The molecule has 3 aromatic rings. The lowest BCUT2D eigenvalue weighted by Crippen LogP contribution is -2.41. The van der Waals surface area contributed by atoms with Crippen molar-refractivity contribution in [3.8, 4) is 5.75 Å². The lowest BCUT2D eigenvalue weighted by Gasteiger charge is -2.38. The number of hydrogen-bond donors (Lipinski definition) is 1. The number of nitrogens with zero attached hydrogens (tertiary/aromatic N) is 1. The van der Waals surface area contributed by atoms with E-state index in [-0.39, 0.29) is 12.0 Å². The molecule has 0 spiro atoms. The van der Waals surface area contributed by atoms with E-state index in [1.54, 1.807) is 0 Å². The average molecular weight is 468 g/mol. The van der Waals surface area contributed by atoms with Crippen molar-refractivity contribution in [2.75, 3.05) is 19.7 Å². The van der Waals surface area contributed by atoms with Crippen LogP contribution in [0.4, 0.5) is 0 Å². The molecule has 4 nitrogen and oxygen atoms in total. The molecule has 0 aromatic heterocycles. The molecule has 0 aliphatic carbocycles. The van der Waals surface area contributed by atoms with E-state index in [1.807, 2.05) is 25.1 Å². The topological polar surface area (TPSA) is 49.8 Å². The van der Waals surface area contributed by atoms with E-state index in [1.165, 1.54) is 16.3 Å². The van der Waals surface area contributed by atoms with E-state index in [0.717, 1.165) is 35.2 Å². The predicted molar refractivity (Wildman–Crippen MR) is 123 cm³/mol. The number of halogens is 1. The van der Waals surface area contributed by atoms with Gasteiger partial charge in [-0.3, -0.25) is 9.69 Å². The Hall–Kier alpha value is -2.37. The smallest absolute Gasteiger partial charge is 0.307 e. The summed E-state index contributed by atoms with van der Waals surface area (Å²) in [5.41, 5.74) is 2.24. The molecule has 4 rings (SSSR count). The molecule has 0 amide bonds. The van der Waals surface area contributed by atoms with Gasteiger partial charge in [-0.2, -0.15) is 0 Å². The van der Waals surface area contributed by atoms with Crippen LogP contribution in [0.15, 0.2) is 65.1 Å². The van der Waals surface area contributed by atoms with Gasteiger partial charge in [-0.25, -0.2) is 0 Å². The number of carboxylic acids is 1. The molecule has 1 aliphatic heterocycles. The van der Waals surface area contributed by atoms with Crippen LogP contribution < -0.4 is 4.74 Å². The normalized spacial score (nSPS) is 18.3. The van der Waals surface area contributed by atoms with Gasteiger partial charge in [-0.05, 0) is 60.8 Å². The van der Waals surface area contributed by atoms with Gasteiger partial charge in [0.25, 0.3) is 0 Å². The first-order valence-corrected chi connectivity index (χ1v) is 11.2. The van der Waals surface area contributed by atoms with Gasteiger partial charge in [0.1, 0.15) is 5.75 Å². The second-order valence-corrected chi connectivity index (χ2v) is 8.67. The Morgan fingerprint density at radius 1 is 1.17 bits per heavy atom. The van der Waals surface area contributed by atoms with Gasteiger partial charge in [0, 0.05) is 16.6 Å². The van der Waals surface area contributed by atoms with Crippen LogP contribution >= 0.6 is 15.9 Å². The molecule has 1 aliphatic rings. The number of carbonyl (C=O) groups is 1. The summed E-state index contributed by atoms with van der Waals surface area (Å²) in [5.74, 6) is -0.217. The minimum Gasteiger partial charge on any atom is -0.494 e. The Labute approximate surface area is 185 Å². The molecule has 3 aromatic carbocycles. The summed E-state index contributed by atoms with van der Waals surface area (Å²) in [6.07, 6.45) is 1.60. The first-order valence-electron chi connectivity index (χ1n) is 10.4. The van der Waals surface area contributed by atoms with Crippen molar-refractivity contribution in [1.29, 1.82) is 0 Å². The number of piperidine rings is 1. The number of benzene rings is 3. The van der Waals surface area contributed by atoms with E-state index in [2.05, 4.69) is 63.3 Å². The monoisotopic (exact) mass is 467 g/mol. The quantitative estimate of drug-likeness (QED) is 0.491. The number of aliphatic carboxylic acids is 1. The third-order valence-corrected chi connectivity index (χ3v) is 6.34. The van der Waals surface area contributed by atoms with Gasteiger partial charge in [0.05, 0.1) is 18.6 Å². The molecule has 2 atom stereocenters. The standard InChI is InChI=1S/C25H26BrNO3/c1-2-30-23-13-12-19(26)15-22(23)24(27-14-6-9-18(16-27)25(28)29)21-11-5-8-17-7-3-4-10-20(17)21/h3-5,7-8,10-13,15,18,24H,2,6,9,14,16H2,1H3,(H,28,29). The summed E-state index contributed by atoms with van der Waals surface area (Å²) in [5, 5.41) is 12.0. The number of rotatable bonds is 6. The summed E-state index contributed by atoms with van der Waals surface area (Å²) < 4.78 is 6.99. The first-order chi connectivity index (χ1) is 14.6. The van der Waals surface area contributed by atoms with Gasteiger partial charge in [0.2, 0.25) is 0 Å².